The predicted molar refractivity (Wildman–Crippen MR) is 85.1 cm³/mol. The maximum atomic E-state index is 4.55. The standard InChI is InChI=1S/C14H17N7S/c1-2-20-9-16-17-13(20)10-4-3-7-21(8-10)14-12-11(5-6-15-14)18-22-19-12/h5-6,9-10H,2-4,7-8H2,1H3. The number of rotatable bonds is 3. The van der Waals surface area contributed by atoms with Gasteiger partial charge in [0, 0.05) is 31.7 Å². The number of anilines is 1. The number of nitrogens with zero attached hydrogens (tertiary/aromatic N) is 7. The lowest BCUT2D eigenvalue weighted by atomic mass is 9.97. The van der Waals surface area contributed by atoms with Crippen molar-refractivity contribution in [3.05, 3.63) is 24.4 Å². The third-order valence-corrected chi connectivity index (χ3v) is 4.77. The molecule has 1 atom stereocenters. The first-order valence-corrected chi connectivity index (χ1v) is 8.29. The quantitative estimate of drug-likeness (QED) is 0.737. The van der Waals surface area contributed by atoms with E-state index in [2.05, 4.69) is 40.3 Å². The predicted octanol–water partition coefficient (Wildman–Crippen LogP) is 2.08. The number of aromatic nitrogens is 6. The highest BCUT2D eigenvalue weighted by atomic mass is 32.1. The van der Waals surface area contributed by atoms with Gasteiger partial charge in [-0.25, -0.2) is 4.98 Å². The molecule has 1 aliphatic rings. The van der Waals surface area contributed by atoms with Crippen molar-refractivity contribution in [2.45, 2.75) is 32.2 Å². The van der Waals surface area contributed by atoms with Crippen LogP contribution >= 0.6 is 11.7 Å². The van der Waals surface area contributed by atoms with Gasteiger partial charge in [0.25, 0.3) is 0 Å². The summed E-state index contributed by atoms with van der Waals surface area (Å²) in [4.78, 5) is 6.86. The smallest absolute Gasteiger partial charge is 0.157 e. The Hall–Kier alpha value is -2.09. The number of fused-ring (bicyclic) bond motifs is 1. The van der Waals surface area contributed by atoms with E-state index < -0.39 is 0 Å². The van der Waals surface area contributed by atoms with Crippen LogP contribution in [0.1, 0.15) is 31.5 Å². The molecule has 0 aliphatic carbocycles. The highest BCUT2D eigenvalue weighted by Crippen LogP contribution is 2.31. The Labute approximate surface area is 132 Å². The zero-order valence-electron chi connectivity index (χ0n) is 12.4. The van der Waals surface area contributed by atoms with E-state index in [1.54, 1.807) is 0 Å². The van der Waals surface area contributed by atoms with Gasteiger partial charge in [-0.15, -0.1) is 10.2 Å². The molecule has 1 aliphatic heterocycles. The number of hydrogen-bond donors (Lipinski definition) is 0. The molecule has 3 aromatic rings. The minimum atomic E-state index is 0.389. The molecular weight excluding hydrogens is 298 g/mol. The molecule has 1 fully saturated rings. The van der Waals surface area contributed by atoms with Crippen molar-refractivity contribution in [3.8, 4) is 0 Å². The van der Waals surface area contributed by atoms with E-state index in [1.807, 2.05) is 18.6 Å². The van der Waals surface area contributed by atoms with E-state index in [9.17, 15) is 0 Å². The van der Waals surface area contributed by atoms with Crippen LogP contribution in [0.2, 0.25) is 0 Å². The summed E-state index contributed by atoms with van der Waals surface area (Å²) < 4.78 is 10.8. The summed E-state index contributed by atoms with van der Waals surface area (Å²) in [6.45, 7) is 4.93. The maximum absolute atomic E-state index is 4.55. The van der Waals surface area contributed by atoms with E-state index in [1.165, 1.54) is 11.7 Å². The Morgan fingerprint density at radius 2 is 2.32 bits per heavy atom. The lowest BCUT2D eigenvalue weighted by molar-refractivity contribution is 0.471. The summed E-state index contributed by atoms with van der Waals surface area (Å²) in [5.41, 5.74) is 1.83. The van der Waals surface area contributed by atoms with Crippen molar-refractivity contribution < 1.29 is 0 Å². The number of aryl methyl sites for hydroxylation is 1. The Balaban J connectivity index is 1.65. The molecule has 22 heavy (non-hydrogen) atoms. The average Bonchev–Trinajstić information content (AvgIpc) is 3.23. The van der Waals surface area contributed by atoms with Crippen molar-refractivity contribution in [1.82, 2.24) is 28.5 Å². The fraction of sp³-hybridized carbons (Fsp3) is 0.500. The lowest BCUT2D eigenvalue weighted by Gasteiger charge is -2.33. The van der Waals surface area contributed by atoms with Crippen LogP contribution in [0.25, 0.3) is 11.0 Å². The number of pyridine rings is 1. The monoisotopic (exact) mass is 315 g/mol. The van der Waals surface area contributed by atoms with Gasteiger partial charge in [-0.1, -0.05) is 0 Å². The molecule has 1 saturated heterocycles. The van der Waals surface area contributed by atoms with Gasteiger partial charge in [-0.05, 0) is 25.8 Å². The molecule has 7 nitrogen and oxygen atoms in total. The molecule has 0 saturated carbocycles. The molecule has 114 valence electrons. The van der Waals surface area contributed by atoms with Gasteiger partial charge >= 0.3 is 0 Å². The van der Waals surface area contributed by atoms with Crippen LogP contribution in [0.3, 0.4) is 0 Å². The molecule has 3 aromatic heterocycles. The molecule has 0 amide bonds. The van der Waals surface area contributed by atoms with Crippen molar-refractivity contribution >= 4 is 28.6 Å². The highest BCUT2D eigenvalue weighted by Gasteiger charge is 2.27. The average molecular weight is 315 g/mol. The lowest BCUT2D eigenvalue weighted by Crippen LogP contribution is -2.36. The van der Waals surface area contributed by atoms with Gasteiger partial charge in [0.1, 0.15) is 23.2 Å². The van der Waals surface area contributed by atoms with Gasteiger partial charge in [-0.3, -0.25) is 0 Å². The van der Waals surface area contributed by atoms with Gasteiger partial charge in [0.05, 0.1) is 11.7 Å². The first kappa shape index (κ1) is 13.6. The zero-order chi connectivity index (χ0) is 14.9. The number of piperidine rings is 1. The van der Waals surface area contributed by atoms with Crippen LogP contribution in [0, 0.1) is 0 Å². The van der Waals surface area contributed by atoms with E-state index >= 15 is 0 Å². The topological polar surface area (TPSA) is 72.6 Å². The Kier molecular flexibility index (Phi) is 3.45. The van der Waals surface area contributed by atoms with E-state index in [0.29, 0.717) is 5.92 Å². The van der Waals surface area contributed by atoms with E-state index in [4.69, 9.17) is 0 Å². The SMILES string of the molecule is CCn1cnnc1C1CCCN(c2nccc3nsnc23)C1. The number of hydrogen-bond acceptors (Lipinski definition) is 7. The molecule has 4 heterocycles. The van der Waals surface area contributed by atoms with Crippen molar-refractivity contribution in [3.63, 3.8) is 0 Å². The molecule has 0 aromatic carbocycles. The van der Waals surface area contributed by atoms with Gasteiger partial charge in [0.15, 0.2) is 5.82 Å². The summed E-state index contributed by atoms with van der Waals surface area (Å²) in [7, 11) is 0. The third-order valence-electron chi connectivity index (χ3n) is 4.23. The minimum Gasteiger partial charge on any atom is -0.354 e. The van der Waals surface area contributed by atoms with Crippen molar-refractivity contribution in [2.75, 3.05) is 18.0 Å². The van der Waals surface area contributed by atoms with Gasteiger partial charge in [0.2, 0.25) is 0 Å². The van der Waals surface area contributed by atoms with E-state index in [-0.39, 0.29) is 0 Å². The zero-order valence-corrected chi connectivity index (χ0v) is 13.2. The summed E-state index contributed by atoms with van der Waals surface area (Å²) in [5.74, 6) is 2.41. The Morgan fingerprint density at radius 3 is 3.23 bits per heavy atom. The van der Waals surface area contributed by atoms with Crippen molar-refractivity contribution in [1.29, 1.82) is 0 Å². The summed E-state index contributed by atoms with van der Waals surface area (Å²) >= 11 is 1.24. The minimum absolute atomic E-state index is 0.389. The maximum Gasteiger partial charge on any atom is 0.157 e. The molecular formula is C14H17N7S. The normalized spacial score (nSPS) is 19.0. The van der Waals surface area contributed by atoms with Crippen LogP contribution in [0.4, 0.5) is 5.82 Å². The molecule has 8 heteroatoms. The van der Waals surface area contributed by atoms with Crippen molar-refractivity contribution in [2.24, 2.45) is 0 Å². The Bertz CT molecular complexity index is 780. The summed E-state index contributed by atoms with van der Waals surface area (Å²) in [6.07, 6.45) is 5.90. The van der Waals surface area contributed by atoms with Crippen LogP contribution in [-0.4, -0.2) is 41.6 Å². The van der Waals surface area contributed by atoms with E-state index in [0.717, 1.165) is 55.2 Å². The van der Waals surface area contributed by atoms with Gasteiger partial charge < -0.3 is 9.47 Å². The molecule has 1 unspecified atom stereocenters. The molecule has 0 bridgehead atoms. The second kappa shape index (κ2) is 5.60. The second-order valence-corrected chi connectivity index (χ2v) is 6.06. The third kappa shape index (κ3) is 2.23. The fourth-order valence-corrected chi connectivity index (χ4v) is 3.67. The summed E-state index contributed by atoms with van der Waals surface area (Å²) in [5, 5.41) is 8.40. The van der Waals surface area contributed by atoms with Crippen LogP contribution in [0.15, 0.2) is 18.6 Å². The van der Waals surface area contributed by atoms with Crippen LogP contribution in [0.5, 0.6) is 0 Å². The first-order chi connectivity index (χ1) is 10.9. The molecule has 4 rings (SSSR count). The Morgan fingerprint density at radius 1 is 1.36 bits per heavy atom. The highest BCUT2D eigenvalue weighted by molar-refractivity contribution is 7.00. The summed E-state index contributed by atoms with van der Waals surface area (Å²) in [6, 6.07) is 1.91. The largest absolute Gasteiger partial charge is 0.354 e. The molecule has 0 N–H and O–H groups in total. The molecule has 0 spiro atoms. The molecule has 0 radical (unpaired) electrons. The van der Waals surface area contributed by atoms with Gasteiger partial charge in [-0.2, -0.15) is 8.75 Å². The van der Waals surface area contributed by atoms with Crippen LogP contribution < -0.4 is 4.90 Å². The second-order valence-electron chi connectivity index (χ2n) is 5.53. The first-order valence-electron chi connectivity index (χ1n) is 7.56. The van der Waals surface area contributed by atoms with Crippen LogP contribution in [-0.2, 0) is 6.54 Å². The fourth-order valence-electron chi connectivity index (χ4n) is 3.13.